The van der Waals surface area contributed by atoms with E-state index in [2.05, 4.69) is 49.3 Å². The smallest absolute Gasteiger partial charge is 0.0969 e. The van der Waals surface area contributed by atoms with Crippen LogP contribution in [-0.2, 0) is 13.0 Å². The van der Waals surface area contributed by atoms with Gasteiger partial charge in [0.15, 0.2) is 0 Å². The molecule has 0 saturated heterocycles. The van der Waals surface area contributed by atoms with Crippen molar-refractivity contribution < 1.29 is 5.11 Å². The second-order valence-electron chi connectivity index (χ2n) is 6.72. The van der Waals surface area contributed by atoms with Gasteiger partial charge in [-0.25, -0.2) is 0 Å². The maximum Gasteiger partial charge on any atom is 0.0969 e. The van der Waals surface area contributed by atoms with Crippen molar-refractivity contribution in [2.75, 3.05) is 0 Å². The zero-order chi connectivity index (χ0) is 17.8. The first-order valence-electron chi connectivity index (χ1n) is 9.11. The van der Waals surface area contributed by atoms with Gasteiger partial charge in [0.05, 0.1) is 12.6 Å². The van der Waals surface area contributed by atoms with E-state index in [1.54, 1.807) is 0 Å². The lowest BCUT2D eigenvalue weighted by molar-refractivity contribution is 0.156. The molecule has 3 aromatic rings. The molecule has 1 aromatic heterocycles. The third-order valence-electron chi connectivity index (χ3n) is 5.09. The van der Waals surface area contributed by atoms with Gasteiger partial charge in [0.1, 0.15) is 0 Å². The molecule has 2 atom stereocenters. The minimum Gasteiger partial charge on any atom is -0.387 e. The van der Waals surface area contributed by atoms with Crippen molar-refractivity contribution in [3.63, 3.8) is 0 Å². The van der Waals surface area contributed by atoms with E-state index in [-0.39, 0.29) is 0 Å². The Morgan fingerprint density at radius 3 is 2.44 bits per heavy atom. The van der Waals surface area contributed by atoms with Crippen LogP contribution < -0.4 is 0 Å². The first-order chi connectivity index (χ1) is 12.2. The third-order valence-corrected chi connectivity index (χ3v) is 5.09. The van der Waals surface area contributed by atoms with Gasteiger partial charge in [-0.2, -0.15) is 0 Å². The number of hydrogen-bond acceptors (Lipinski definition) is 1. The number of para-hydroxylation sites is 1. The highest BCUT2D eigenvalue weighted by Crippen LogP contribution is 2.34. The van der Waals surface area contributed by atoms with Crippen LogP contribution in [0.5, 0.6) is 0 Å². The minimum absolute atomic E-state index is 0.435. The largest absolute Gasteiger partial charge is 0.387 e. The van der Waals surface area contributed by atoms with Gasteiger partial charge < -0.3 is 9.67 Å². The number of aromatic nitrogens is 1. The molecule has 2 aromatic carbocycles. The molecule has 0 saturated carbocycles. The SMILES string of the molecule is C=CCc1c(C(C)CC)n(CC(O)c2ccccc2)c2ccccc12. The summed E-state index contributed by atoms with van der Waals surface area (Å²) in [4.78, 5) is 0. The summed E-state index contributed by atoms with van der Waals surface area (Å²) in [7, 11) is 0. The van der Waals surface area contributed by atoms with Crippen molar-refractivity contribution in [2.45, 2.75) is 45.3 Å². The summed E-state index contributed by atoms with van der Waals surface area (Å²) < 4.78 is 2.32. The Morgan fingerprint density at radius 2 is 1.76 bits per heavy atom. The van der Waals surface area contributed by atoms with E-state index in [4.69, 9.17) is 0 Å². The van der Waals surface area contributed by atoms with Crippen molar-refractivity contribution in [2.24, 2.45) is 0 Å². The van der Waals surface area contributed by atoms with Gasteiger partial charge in [-0.05, 0) is 36.0 Å². The first-order valence-corrected chi connectivity index (χ1v) is 9.11. The fraction of sp³-hybridized carbons (Fsp3) is 0.304. The molecule has 25 heavy (non-hydrogen) atoms. The first kappa shape index (κ1) is 17.5. The van der Waals surface area contributed by atoms with Crippen LogP contribution in [0.4, 0.5) is 0 Å². The Balaban J connectivity index is 2.13. The van der Waals surface area contributed by atoms with Crippen LogP contribution in [0, 0.1) is 0 Å². The van der Waals surface area contributed by atoms with Gasteiger partial charge in [-0.3, -0.25) is 0 Å². The maximum absolute atomic E-state index is 10.8. The number of aliphatic hydroxyl groups excluding tert-OH is 1. The van der Waals surface area contributed by atoms with Crippen molar-refractivity contribution >= 4 is 10.9 Å². The van der Waals surface area contributed by atoms with E-state index in [0.717, 1.165) is 18.4 Å². The lowest BCUT2D eigenvalue weighted by Crippen LogP contribution is -2.13. The van der Waals surface area contributed by atoms with Crippen LogP contribution in [0.1, 0.15) is 49.1 Å². The highest BCUT2D eigenvalue weighted by molar-refractivity contribution is 5.86. The Hall–Kier alpha value is -2.32. The van der Waals surface area contributed by atoms with E-state index in [9.17, 15) is 5.11 Å². The fourth-order valence-electron chi connectivity index (χ4n) is 3.66. The van der Waals surface area contributed by atoms with Gasteiger partial charge in [-0.15, -0.1) is 6.58 Å². The number of nitrogens with zero attached hydrogens (tertiary/aromatic N) is 1. The van der Waals surface area contributed by atoms with Crippen LogP contribution in [0.3, 0.4) is 0 Å². The number of fused-ring (bicyclic) bond motifs is 1. The third kappa shape index (κ3) is 3.40. The molecule has 2 nitrogen and oxygen atoms in total. The predicted molar refractivity (Wildman–Crippen MR) is 106 cm³/mol. The molecule has 0 radical (unpaired) electrons. The normalized spacial score (nSPS) is 13.7. The molecule has 0 aliphatic carbocycles. The van der Waals surface area contributed by atoms with E-state index >= 15 is 0 Å². The van der Waals surface area contributed by atoms with Gasteiger partial charge in [0.25, 0.3) is 0 Å². The molecular formula is C23H27NO. The molecule has 1 heterocycles. The fourth-order valence-corrected chi connectivity index (χ4v) is 3.66. The molecule has 0 bridgehead atoms. The average molecular weight is 333 g/mol. The molecule has 3 rings (SSSR count). The molecule has 0 spiro atoms. The second kappa shape index (κ2) is 7.71. The summed E-state index contributed by atoms with van der Waals surface area (Å²) in [6, 6.07) is 18.4. The number of rotatable bonds is 7. The minimum atomic E-state index is -0.517. The Labute approximate surface area is 150 Å². The summed E-state index contributed by atoms with van der Waals surface area (Å²) in [6.07, 6.45) is 3.39. The van der Waals surface area contributed by atoms with Crippen LogP contribution in [-0.4, -0.2) is 9.67 Å². The van der Waals surface area contributed by atoms with Crippen molar-refractivity contribution in [3.05, 3.63) is 84.1 Å². The molecule has 0 aliphatic rings. The monoisotopic (exact) mass is 333 g/mol. The number of hydrogen-bond donors (Lipinski definition) is 1. The Bertz CT molecular complexity index is 847. The van der Waals surface area contributed by atoms with Gasteiger partial charge in [0, 0.05) is 16.6 Å². The van der Waals surface area contributed by atoms with Crippen molar-refractivity contribution in [3.8, 4) is 0 Å². The number of benzene rings is 2. The topological polar surface area (TPSA) is 25.2 Å². The second-order valence-corrected chi connectivity index (χ2v) is 6.72. The molecule has 2 unspecified atom stereocenters. The Morgan fingerprint density at radius 1 is 1.08 bits per heavy atom. The standard InChI is InChI=1S/C23H27NO/c1-4-11-20-19-14-9-10-15-21(19)24(23(20)17(3)5-2)16-22(25)18-12-7-6-8-13-18/h4,6-10,12-15,17,22,25H,1,5,11,16H2,2-3H3. The zero-order valence-corrected chi connectivity index (χ0v) is 15.2. The quantitative estimate of drug-likeness (QED) is 0.558. The number of allylic oxidation sites excluding steroid dienone is 1. The highest BCUT2D eigenvalue weighted by atomic mass is 16.3. The lowest BCUT2D eigenvalue weighted by atomic mass is 9.97. The van der Waals surface area contributed by atoms with Crippen LogP contribution in [0.15, 0.2) is 67.3 Å². The van der Waals surface area contributed by atoms with E-state index in [1.165, 1.54) is 22.2 Å². The average Bonchev–Trinajstić information content (AvgIpc) is 2.96. The number of aliphatic hydroxyl groups is 1. The maximum atomic E-state index is 10.8. The summed E-state index contributed by atoms with van der Waals surface area (Å²) >= 11 is 0. The molecule has 0 aliphatic heterocycles. The van der Waals surface area contributed by atoms with Crippen LogP contribution in [0.2, 0.25) is 0 Å². The van der Waals surface area contributed by atoms with Crippen LogP contribution >= 0.6 is 0 Å². The van der Waals surface area contributed by atoms with E-state index < -0.39 is 6.10 Å². The summed E-state index contributed by atoms with van der Waals surface area (Å²) in [6.45, 7) is 9.01. The molecule has 130 valence electrons. The van der Waals surface area contributed by atoms with Gasteiger partial charge in [0.2, 0.25) is 0 Å². The summed E-state index contributed by atoms with van der Waals surface area (Å²) in [5.74, 6) is 0.435. The van der Waals surface area contributed by atoms with Gasteiger partial charge in [-0.1, -0.05) is 68.5 Å². The Kier molecular flexibility index (Phi) is 5.40. The van der Waals surface area contributed by atoms with Crippen molar-refractivity contribution in [1.82, 2.24) is 4.57 Å². The van der Waals surface area contributed by atoms with Crippen molar-refractivity contribution in [1.29, 1.82) is 0 Å². The molecular weight excluding hydrogens is 306 g/mol. The van der Waals surface area contributed by atoms with Gasteiger partial charge >= 0.3 is 0 Å². The predicted octanol–water partition coefficient (Wildman–Crippen LogP) is 5.62. The summed E-state index contributed by atoms with van der Waals surface area (Å²) in [5.41, 5.74) is 4.84. The molecule has 1 N–H and O–H groups in total. The lowest BCUT2D eigenvalue weighted by Gasteiger charge is -2.20. The van der Waals surface area contributed by atoms with E-state index in [0.29, 0.717) is 12.5 Å². The molecule has 0 fully saturated rings. The highest BCUT2D eigenvalue weighted by Gasteiger charge is 2.21. The molecule has 0 amide bonds. The molecule has 2 heteroatoms. The summed E-state index contributed by atoms with van der Waals surface area (Å²) in [5, 5.41) is 12.1. The van der Waals surface area contributed by atoms with Crippen LogP contribution in [0.25, 0.3) is 10.9 Å². The van der Waals surface area contributed by atoms with E-state index in [1.807, 2.05) is 36.4 Å². The zero-order valence-electron chi connectivity index (χ0n) is 15.2.